The van der Waals surface area contributed by atoms with Crippen LogP contribution >= 0.6 is 11.6 Å². The molecule has 8 heteroatoms. The van der Waals surface area contributed by atoms with E-state index < -0.39 is 11.7 Å². The monoisotopic (exact) mass is 508 g/mol. The van der Waals surface area contributed by atoms with Gasteiger partial charge in [0, 0.05) is 40.3 Å². The SMILES string of the molecule is CC1(N2CCC(c3cc4cc(NC(=O)C5CC5c5ccccn5)ncc4cc3Cl)CC2)COCC1F. The largest absolute Gasteiger partial charge is 0.376 e. The van der Waals surface area contributed by atoms with Crippen molar-refractivity contribution in [3.63, 3.8) is 0 Å². The van der Waals surface area contributed by atoms with Crippen LogP contribution in [-0.4, -0.2) is 58.8 Å². The number of anilines is 1. The van der Waals surface area contributed by atoms with E-state index in [4.69, 9.17) is 16.3 Å². The van der Waals surface area contributed by atoms with E-state index in [-0.39, 0.29) is 24.3 Å². The van der Waals surface area contributed by atoms with Gasteiger partial charge < -0.3 is 10.1 Å². The fourth-order valence-corrected chi connectivity index (χ4v) is 6.15. The molecule has 4 heterocycles. The predicted octanol–water partition coefficient (Wildman–Crippen LogP) is 5.33. The molecule has 4 atom stereocenters. The van der Waals surface area contributed by atoms with E-state index in [2.05, 4.69) is 26.3 Å². The van der Waals surface area contributed by atoms with Crippen LogP contribution in [-0.2, 0) is 9.53 Å². The zero-order valence-corrected chi connectivity index (χ0v) is 21.0. The molecule has 1 amide bonds. The molecule has 1 saturated carbocycles. The molecule has 4 unspecified atom stereocenters. The molecule has 1 N–H and O–H groups in total. The molecule has 2 saturated heterocycles. The fraction of sp³-hybridized carbons (Fsp3) is 0.464. The lowest BCUT2D eigenvalue weighted by Gasteiger charge is -2.43. The molecule has 3 fully saturated rings. The van der Waals surface area contributed by atoms with Gasteiger partial charge in [0.1, 0.15) is 12.0 Å². The van der Waals surface area contributed by atoms with Gasteiger partial charge in [-0.3, -0.25) is 14.7 Å². The summed E-state index contributed by atoms with van der Waals surface area (Å²) in [5.74, 6) is 0.937. The van der Waals surface area contributed by atoms with E-state index in [1.807, 2.05) is 37.3 Å². The number of nitrogens with zero attached hydrogens (tertiary/aromatic N) is 3. The predicted molar refractivity (Wildman–Crippen MR) is 138 cm³/mol. The first-order valence-electron chi connectivity index (χ1n) is 12.7. The smallest absolute Gasteiger partial charge is 0.229 e. The molecule has 6 rings (SSSR count). The normalized spacial score (nSPS) is 28.9. The molecule has 0 radical (unpaired) electrons. The van der Waals surface area contributed by atoms with E-state index in [1.165, 1.54) is 0 Å². The highest BCUT2D eigenvalue weighted by Crippen LogP contribution is 2.47. The molecule has 2 aromatic heterocycles. The minimum absolute atomic E-state index is 0.0189. The van der Waals surface area contributed by atoms with Gasteiger partial charge in [0.2, 0.25) is 5.91 Å². The van der Waals surface area contributed by atoms with Crippen LogP contribution in [0.15, 0.2) is 48.8 Å². The number of ether oxygens (including phenoxy) is 1. The Bertz CT molecular complexity index is 1280. The van der Waals surface area contributed by atoms with Crippen molar-refractivity contribution >= 4 is 34.1 Å². The fourth-order valence-electron chi connectivity index (χ4n) is 5.82. The number of likely N-dealkylation sites (tertiary alicyclic amines) is 1. The van der Waals surface area contributed by atoms with Gasteiger partial charge in [-0.1, -0.05) is 17.7 Å². The lowest BCUT2D eigenvalue weighted by molar-refractivity contribution is -0.117. The quantitative estimate of drug-likeness (QED) is 0.504. The summed E-state index contributed by atoms with van der Waals surface area (Å²) in [6.07, 6.45) is 5.21. The maximum atomic E-state index is 14.5. The van der Waals surface area contributed by atoms with Crippen molar-refractivity contribution in [1.29, 1.82) is 0 Å². The molecule has 1 aromatic carbocycles. The van der Waals surface area contributed by atoms with Crippen LogP contribution in [0.5, 0.6) is 0 Å². The first-order valence-corrected chi connectivity index (χ1v) is 13.1. The second-order valence-corrected chi connectivity index (χ2v) is 11.0. The third-order valence-electron chi connectivity index (χ3n) is 8.27. The van der Waals surface area contributed by atoms with Gasteiger partial charge in [0.05, 0.1) is 18.8 Å². The second-order valence-electron chi connectivity index (χ2n) is 10.6. The van der Waals surface area contributed by atoms with Gasteiger partial charge >= 0.3 is 0 Å². The lowest BCUT2D eigenvalue weighted by atomic mass is 9.85. The number of piperidine rings is 1. The summed E-state index contributed by atoms with van der Waals surface area (Å²) in [7, 11) is 0. The van der Waals surface area contributed by atoms with Crippen LogP contribution < -0.4 is 5.32 Å². The number of halogens is 2. The van der Waals surface area contributed by atoms with Gasteiger partial charge in [-0.2, -0.15) is 0 Å². The van der Waals surface area contributed by atoms with E-state index >= 15 is 0 Å². The van der Waals surface area contributed by atoms with Gasteiger partial charge in [0.15, 0.2) is 0 Å². The number of hydrogen-bond acceptors (Lipinski definition) is 5. The molecule has 1 aliphatic carbocycles. The average Bonchev–Trinajstić information content (AvgIpc) is 3.63. The molecule has 2 aliphatic heterocycles. The van der Waals surface area contributed by atoms with Crippen LogP contribution in [0.25, 0.3) is 10.8 Å². The van der Waals surface area contributed by atoms with Gasteiger partial charge in [0.25, 0.3) is 0 Å². The van der Waals surface area contributed by atoms with Gasteiger partial charge in [-0.15, -0.1) is 0 Å². The van der Waals surface area contributed by atoms with Crippen LogP contribution in [0, 0.1) is 5.92 Å². The van der Waals surface area contributed by atoms with Crippen molar-refractivity contribution in [3.8, 4) is 0 Å². The van der Waals surface area contributed by atoms with E-state index in [0.717, 1.165) is 59.4 Å². The van der Waals surface area contributed by atoms with Crippen LogP contribution in [0.3, 0.4) is 0 Å². The van der Waals surface area contributed by atoms with Crippen molar-refractivity contribution in [2.45, 2.75) is 49.7 Å². The lowest BCUT2D eigenvalue weighted by Crippen LogP contribution is -2.55. The Morgan fingerprint density at radius 1 is 1.19 bits per heavy atom. The molecule has 3 aliphatic rings. The van der Waals surface area contributed by atoms with Crippen molar-refractivity contribution in [2.24, 2.45) is 5.92 Å². The standard InChI is InChI=1S/C28H30ClFN4O2/c1-28(16-36-15-25(28)30)34-8-5-17(6-9-34)20-10-18-12-26(32-14-19(18)11-23(20)29)33-27(35)22-13-21(22)24-4-2-3-7-31-24/h2-4,7,10-12,14,17,21-22,25H,5-6,8-9,13,15-16H2,1H3,(H,32,33,35). The second kappa shape index (κ2) is 9.36. The van der Waals surface area contributed by atoms with Crippen molar-refractivity contribution in [3.05, 3.63) is 65.1 Å². The average molecular weight is 509 g/mol. The van der Waals surface area contributed by atoms with Crippen LogP contribution in [0.1, 0.15) is 49.3 Å². The maximum absolute atomic E-state index is 14.5. The van der Waals surface area contributed by atoms with Crippen LogP contribution in [0.2, 0.25) is 5.02 Å². The molecular formula is C28H30ClFN4O2. The van der Waals surface area contributed by atoms with E-state index in [9.17, 15) is 9.18 Å². The number of alkyl halides is 1. The highest BCUT2D eigenvalue weighted by Gasteiger charge is 2.46. The Balaban J connectivity index is 1.15. The summed E-state index contributed by atoms with van der Waals surface area (Å²) >= 11 is 6.70. The molecule has 6 nitrogen and oxygen atoms in total. The molecule has 0 spiro atoms. The summed E-state index contributed by atoms with van der Waals surface area (Å²) in [4.78, 5) is 23.9. The van der Waals surface area contributed by atoms with Crippen molar-refractivity contribution in [2.75, 3.05) is 31.6 Å². The first kappa shape index (κ1) is 23.8. The van der Waals surface area contributed by atoms with Crippen molar-refractivity contribution in [1.82, 2.24) is 14.9 Å². The first-order chi connectivity index (χ1) is 17.4. The Morgan fingerprint density at radius 3 is 2.75 bits per heavy atom. The third-order valence-corrected chi connectivity index (χ3v) is 8.60. The minimum atomic E-state index is -0.950. The molecule has 3 aromatic rings. The summed E-state index contributed by atoms with van der Waals surface area (Å²) in [6, 6.07) is 11.8. The van der Waals surface area contributed by atoms with Crippen LogP contribution in [0.4, 0.5) is 10.2 Å². The molecular weight excluding hydrogens is 479 g/mol. The van der Waals surface area contributed by atoms with E-state index in [0.29, 0.717) is 18.3 Å². The number of pyridine rings is 2. The van der Waals surface area contributed by atoms with Gasteiger partial charge in [-0.05, 0) is 86.5 Å². The minimum Gasteiger partial charge on any atom is -0.376 e. The molecule has 0 bridgehead atoms. The maximum Gasteiger partial charge on any atom is 0.229 e. The Labute approximate surface area is 215 Å². The Morgan fingerprint density at radius 2 is 2.03 bits per heavy atom. The summed E-state index contributed by atoms with van der Waals surface area (Å²) in [5, 5.41) is 5.66. The molecule has 188 valence electrons. The number of carbonyl (C=O) groups is 1. The number of benzene rings is 1. The number of amides is 1. The van der Waals surface area contributed by atoms with Crippen molar-refractivity contribution < 1.29 is 13.9 Å². The highest BCUT2D eigenvalue weighted by molar-refractivity contribution is 6.32. The van der Waals surface area contributed by atoms with Gasteiger partial charge in [-0.25, -0.2) is 9.37 Å². The van der Waals surface area contributed by atoms with E-state index in [1.54, 1.807) is 12.4 Å². The highest BCUT2D eigenvalue weighted by atomic mass is 35.5. The molecule has 36 heavy (non-hydrogen) atoms. The zero-order valence-electron chi connectivity index (χ0n) is 20.3. The number of carbonyl (C=O) groups excluding carboxylic acids is 1. The Kier molecular flexibility index (Phi) is 6.18. The third kappa shape index (κ3) is 4.38. The number of nitrogens with one attached hydrogen (secondary N) is 1. The summed E-state index contributed by atoms with van der Waals surface area (Å²) in [6.45, 7) is 4.23. The zero-order chi connectivity index (χ0) is 24.9. The summed E-state index contributed by atoms with van der Waals surface area (Å²) < 4.78 is 19.9. The number of rotatable bonds is 5. The number of aromatic nitrogens is 2. The number of fused-ring (bicyclic) bond motifs is 1. The Hall–Kier alpha value is -2.61. The topological polar surface area (TPSA) is 67.4 Å². The summed E-state index contributed by atoms with van der Waals surface area (Å²) in [5.41, 5.74) is 1.54. The number of hydrogen-bond donors (Lipinski definition) is 1.